The molecule has 1 fully saturated rings. The van der Waals surface area contributed by atoms with Gasteiger partial charge in [0.2, 0.25) is 5.91 Å². The second-order valence-corrected chi connectivity index (χ2v) is 7.75. The SMILES string of the molecule is CCOc1ccccc1NCC(=O)N(CC)C1CCS(=O)(=O)C1. The highest BCUT2D eigenvalue weighted by Gasteiger charge is 2.33. The lowest BCUT2D eigenvalue weighted by Gasteiger charge is -2.27. The van der Waals surface area contributed by atoms with Crippen molar-refractivity contribution < 1.29 is 17.9 Å². The lowest BCUT2D eigenvalue weighted by Crippen LogP contribution is -2.43. The van der Waals surface area contributed by atoms with Crippen molar-refractivity contribution in [3.63, 3.8) is 0 Å². The fourth-order valence-corrected chi connectivity index (χ4v) is 4.56. The van der Waals surface area contributed by atoms with E-state index in [1.165, 1.54) is 0 Å². The lowest BCUT2D eigenvalue weighted by molar-refractivity contribution is -0.130. The number of sulfone groups is 1. The number of benzene rings is 1. The van der Waals surface area contributed by atoms with E-state index in [0.29, 0.717) is 25.3 Å². The topological polar surface area (TPSA) is 75.7 Å². The second-order valence-electron chi connectivity index (χ2n) is 5.52. The van der Waals surface area contributed by atoms with Gasteiger partial charge >= 0.3 is 0 Å². The van der Waals surface area contributed by atoms with Gasteiger partial charge in [-0.3, -0.25) is 4.79 Å². The number of anilines is 1. The van der Waals surface area contributed by atoms with Crippen molar-refractivity contribution in [2.75, 3.05) is 36.5 Å². The van der Waals surface area contributed by atoms with Crippen LogP contribution in [0.15, 0.2) is 24.3 Å². The number of para-hydroxylation sites is 2. The van der Waals surface area contributed by atoms with E-state index < -0.39 is 9.84 Å². The summed E-state index contributed by atoms with van der Waals surface area (Å²) in [6.07, 6.45) is 0.525. The van der Waals surface area contributed by atoms with Crippen molar-refractivity contribution in [3.05, 3.63) is 24.3 Å². The second kappa shape index (κ2) is 7.68. The average Bonchev–Trinajstić information content (AvgIpc) is 2.87. The van der Waals surface area contributed by atoms with E-state index in [9.17, 15) is 13.2 Å². The van der Waals surface area contributed by atoms with Crippen LogP contribution in [0.5, 0.6) is 5.75 Å². The summed E-state index contributed by atoms with van der Waals surface area (Å²) in [6.45, 7) is 4.95. The molecular weight excluding hydrogens is 316 g/mol. The van der Waals surface area contributed by atoms with E-state index in [1.807, 2.05) is 38.1 Å². The highest BCUT2D eigenvalue weighted by molar-refractivity contribution is 7.91. The largest absolute Gasteiger partial charge is 0.492 e. The lowest BCUT2D eigenvalue weighted by atomic mass is 10.2. The zero-order valence-electron chi connectivity index (χ0n) is 13.6. The van der Waals surface area contributed by atoms with Gasteiger partial charge in [-0.2, -0.15) is 0 Å². The zero-order valence-corrected chi connectivity index (χ0v) is 14.4. The number of nitrogens with zero attached hydrogens (tertiary/aromatic N) is 1. The van der Waals surface area contributed by atoms with Crippen LogP contribution in [-0.4, -0.2) is 56.5 Å². The summed E-state index contributed by atoms with van der Waals surface area (Å²) in [5.41, 5.74) is 0.762. The van der Waals surface area contributed by atoms with Crippen LogP contribution >= 0.6 is 0 Å². The molecule has 1 amide bonds. The normalized spacial score (nSPS) is 19.3. The summed E-state index contributed by atoms with van der Waals surface area (Å²) in [5.74, 6) is 0.847. The minimum Gasteiger partial charge on any atom is -0.492 e. The smallest absolute Gasteiger partial charge is 0.242 e. The number of carbonyl (C=O) groups is 1. The summed E-state index contributed by atoms with van der Waals surface area (Å²) < 4.78 is 28.7. The van der Waals surface area contributed by atoms with E-state index in [4.69, 9.17) is 4.74 Å². The molecule has 2 rings (SSSR count). The Kier molecular flexibility index (Phi) is 5.87. The number of likely N-dealkylation sites (N-methyl/N-ethyl adjacent to an activating group) is 1. The van der Waals surface area contributed by atoms with E-state index in [-0.39, 0.29) is 30.0 Å². The number of carbonyl (C=O) groups excluding carboxylic acids is 1. The van der Waals surface area contributed by atoms with Crippen LogP contribution in [0, 0.1) is 0 Å². The van der Waals surface area contributed by atoms with Gasteiger partial charge in [0.25, 0.3) is 0 Å². The van der Waals surface area contributed by atoms with E-state index in [1.54, 1.807) is 4.90 Å². The van der Waals surface area contributed by atoms with Gasteiger partial charge in [0, 0.05) is 12.6 Å². The first kappa shape index (κ1) is 17.6. The molecule has 0 radical (unpaired) electrons. The van der Waals surface area contributed by atoms with Crippen molar-refractivity contribution in [3.8, 4) is 5.75 Å². The van der Waals surface area contributed by atoms with Crippen molar-refractivity contribution in [2.45, 2.75) is 26.3 Å². The first-order valence-electron chi connectivity index (χ1n) is 7.92. The number of hydrogen-bond donors (Lipinski definition) is 1. The maximum Gasteiger partial charge on any atom is 0.242 e. The van der Waals surface area contributed by atoms with Crippen molar-refractivity contribution in [2.24, 2.45) is 0 Å². The highest BCUT2D eigenvalue weighted by atomic mass is 32.2. The third-order valence-electron chi connectivity index (χ3n) is 3.93. The minimum atomic E-state index is -3.00. The first-order chi connectivity index (χ1) is 11.0. The maximum atomic E-state index is 12.4. The summed E-state index contributed by atoms with van der Waals surface area (Å²) in [4.78, 5) is 14.1. The summed E-state index contributed by atoms with van der Waals surface area (Å²) >= 11 is 0. The van der Waals surface area contributed by atoms with Crippen LogP contribution < -0.4 is 10.1 Å². The number of nitrogens with one attached hydrogen (secondary N) is 1. The number of hydrogen-bond acceptors (Lipinski definition) is 5. The highest BCUT2D eigenvalue weighted by Crippen LogP contribution is 2.24. The Labute approximate surface area is 137 Å². The van der Waals surface area contributed by atoms with Crippen LogP contribution in [0.3, 0.4) is 0 Å². The van der Waals surface area contributed by atoms with Gasteiger partial charge in [-0.05, 0) is 32.4 Å². The molecule has 1 aliphatic rings. The van der Waals surface area contributed by atoms with Crippen LogP contribution in [0.25, 0.3) is 0 Å². The Bertz CT molecular complexity index is 645. The fraction of sp³-hybridized carbons (Fsp3) is 0.562. The molecule has 0 aliphatic carbocycles. The summed E-state index contributed by atoms with van der Waals surface area (Å²) in [7, 11) is -3.00. The molecular formula is C16H24N2O4S. The molecule has 1 aromatic carbocycles. The predicted octanol–water partition coefficient (Wildman–Crippen LogP) is 1.53. The standard InChI is InChI=1S/C16H24N2O4S/c1-3-18(13-9-10-23(20,21)12-13)16(19)11-17-14-7-5-6-8-15(14)22-4-2/h5-8,13,17H,3-4,9-12H2,1-2H3. The zero-order chi connectivity index (χ0) is 16.9. The molecule has 0 bridgehead atoms. The summed E-state index contributed by atoms with van der Waals surface area (Å²) in [5, 5.41) is 3.09. The van der Waals surface area contributed by atoms with E-state index in [2.05, 4.69) is 5.32 Å². The Morgan fingerprint density at radius 1 is 1.35 bits per heavy atom. The fourth-order valence-electron chi connectivity index (χ4n) is 2.83. The van der Waals surface area contributed by atoms with Gasteiger partial charge in [-0.15, -0.1) is 0 Å². The Balaban J connectivity index is 1.98. The molecule has 6 nitrogen and oxygen atoms in total. The van der Waals surface area contributed by atoms with Gasteiger partial charge in [0.15, 0.2) is 9.84 Å². The van der Waals surface area contributed by atoms with Crippen LogP contribution in [0.1, 0.15) is 20.3 Å². The van der Waals surface area contributed by atoms with Crippen molar-refractivity contribution in [1.82, 2.24) is 4.90 Å². The Morgan fingerprint density at radius 2 is 2.09 bits per heavy atom. The first-order valence-corrected chi connectivity index (χ1v) is 9.74. The molecule has 1 aromatic rings. The molecule has 1 saturated heterocycles. The molecule has 7 heteroatoms. The van der Waals surface area contributed by atoms with Crippen molar-refractivity contribution >= 4 is 21.4 Å². The van der Waals surface area contributed by atoms with Crippen LogP contribution in [0.2, 0.25) is 0 Å². The molecule has 1 N–H and O–H groups in total. The summed E-state index contributed by atoms with van der Waals surface area (Å²) in [6, 6.07) is 7.24. The quantitative estimate of drug-likeness (QED) is 0.815. The predicted molar refractivity (Wildman–Crippen MR) is 90.5 cm³/mol. The Morgan fingerprint density at radius 3 is 2.70 bits per heavy atom. The molecule has 1 aliphatic heterocycles. The number of ether oxygens (including phenoxy) is 1. The molecule has 1 heterocycles. The van der Waals surface area contributed by atoms with Crippen LogP contribution in [0.4, 0.5) is 5.69 Å². The third kappa shape index (κ3) is 4.60. The van der Waals surface area contributed by atoms with Gasteiger partial charge in [-0.1, -0.05) is 12.1 Å². The molecule has 128 valence electrons. The number of amides is 1. The minimum absolute atomic E-state index is 0.0715. The van der Waals surface area contributed by atoms with E-state index >= 15 is 0 Å². The van der Waals surface area contributed by atoms with Crippen molar-refractivity contribution in [1.29, 1.82) is 0 Å². The van der Waals surface area contributed by atoms with Gasteiger partial charge in [0.05, 0.1) is 30.3 Å². The maximum absolute atomic E-state index is 12.4. The molecule has 1 unspecified atom stereocenters. The molecule has 1 atom stereocenters. The van der Waals surface area contributed by atoms with Gasteiger partial charge in [0.1, 0.15) is 5.75 Å². The molecule has 23 heavy (non-hydrogen) atoms. The molecule has 0 aromatic heterocycles. The average molecular weight is 340 g/mol. The van der Waals surface area contributed by atoms with Gasteiger partial charge in [-0.25, -0.2) is 8.42 Å². The Hall–Kier alpha value is -1.76. The molecule has 0 spiro atoms. The molecule has 0 saturated carbocycles. The third-order valence-corrected chi connectivity index (χ3v) is 5.68. The van der Waals surface area contributed by atoms with E-state index in [0.717, 1.165) is 5.69 Å². The number of rotatable bonds is 7. The van der Waals surface area contributed by atoms with Gasteiger partial charge < -0.3 is 15.0 Å². The van der Waals surface area contributed by atoms with Crippen LogP contribution in [-0.2, 0) is 14.6 Å². The monoisotopic (exact) mass is 340 g/mol.